The number of rotatable bonds is 3. The number of ether oxygens (including phenoxy) is 1. The van der Waals surface area contributed by atoms with Gasteiger partial charge in [0.2, 0.25) is 0 Å². The zero-order valence-corrected chi connectivity index (χ0v) is 11.0. The highest BCUT2D eigenvalue weighted by molar-refractivity contribution is 5.89. The first-order valence-electron chi connectivity index (χ1n) is 6.57. The molecule has 1 N–H and O–H groups in total. The summed E-state index contributed by atoms with van der Waals surface area (Å²) in [5.41, 5.74) is 0.117. The van der Waals surface area contributed by atoms with E-state index in [-0.39, 0.29) is 11.8 Å². The van der Waals surface area contributed by atoms with Crippen LogP contribution in [-0.4, -0.2) is 23.5 Å². The number of carbonyl (C=O) groups excluding carboxylic acids is 2. The third-order valence-electron chi connectivity index (χ3n) is 3.55. The normalized spacial score (nSPS) is 18.1. The van der Waals surface area contributed by atoms with Gasteiger partial charge in [-0.1, -0.05) is 12.1 Å². The molecule has 19 heavy (non-hydrogen) atoms. The molecule has 0 atom stereocenters. The maximum Gasteiger partial charge on any atom is 0.338 e. The molecule has 0 amide bonds. The van der Waals surface area contributed by atoms with Crippen LogP contribution in [0.4, 0.5) is 0 Å². The van der Waals surface area contributed by atoms with Gasteiger partial charge >= 0.3 is 5.97 Å². The van der Waals surface area contributed by atoms with Crippen molar-refractivity contribution in [2.24, 2.45) is 0 Å². The molecule has 1 aromatic carbocycles. The number of aliphatic hydroxyl groups is 1. The number of carbonyl (C=O) groups is 2. The quantitative estimate of drug-likeness (QED) is 0.848. The Morgan fingerprint density at radius 1 is 1.37 bits per heavy atom. The summed E-state index contributed by atoms with van der Waals surface area (Å²) in [6.45, 7) is 2.07. The Balaban J connectivity index is 2.23. The topological polar surface area (TPSA) is 63.6 Å². The molecule has 0 saturated heterocycles. The van der Waals surface area contributed by atoms with Gasteiger partial charge in [0.25, 0.3) is 0 Å². The van der Waals surface area contributed by atoms with E-state index in [4.69, 9.17) is 4.74 Å². The fraction of sp³-hybridized carbons (Fsp3) is 0.467. The Bertz CT molecular complexity index is 483. The van der Waals surface area contributed by atoms with Crippen LogP contribution in [-0.2, 0) is 15.1 Å². The molecule has 0 aliphatic heterocycles. The lowest BCUT2D eigenvalue weighted by molar-refractivity contribution is -0.125. The molecular weight excluding hydrogens is 244 g/mol. The third-order valence-corrected chi connectivity index (χ3v) is 3.55. The van der Waals surface area contributed by atoms with Crippen LogP contribution in [0, 0.1) is 0 Å². The van der Waals surface area contributed by atoms with Crippen molar-refractivity contribution in [3.63, 3.8) is 0 Å². The fourth-order valence-corrected chi connectivity index (χ4v) is 2.38. The number of benzene rings is 1. The molecule has 1 aromatic rings. The van der Waals surface area contributed by atoms with Crippen molar-refractivity contribution < 1.29 is 19.4 Å². The molecule has 2 rings (SSSR count). The molecule has 1 aliphatic carbocycles. The predicted molar refractivity (Wildman–Crippen MR) is 69.8 cm³/mol. The molecule has 1 aliphatic rings. The molecular formula is C15H18O4. The SMILES string of the molecule is CCOC(=O)c1cccc(C2(O)CCC(=O)CC2)c1. The number of esters is 1. The number of ketones is 1. The van der Waals surface area contributed by atoms with Gasteiger partial charge in [-0.15, -0.1) is 0 Å². The highest BCUT2D eigenvalue weighted by Gasteiger charge is 2.34. The first-order chi connectivity index (χ1) is 9.05. The van der Waals surface area contributed by atoms with E-state index in [1.165, 1.54) is 0 Å². The van der Waals surface area contributed by atoms with Crippen LogP contribution in [0.25, 0.3) is 0 Å². The van der Waals surface area contributed by atoms with E-state index < -0.39 is 5.60 Å². The van der Waals surface area contributed by atoms with Crippen molar-refractivity contribution in [3.8, 4) is 0 Å². The van der Waals surface area contributed by atoms with Crippen LogP contribution in [0.3, 0.4) is 0 Å². The summed E-state index contributed by atoms with van der Waals surface area (Å²) in [4.78, 5) is 22.9. The fourth-order valence-electron chi connectivity index (χ4n) is 2.38. The smallest absolute Gasteiger partial charge is 0.338 e. The Hall–Kier alpha value is -1.68. The Morgan fingerprint density at radius 2 is 2.05 bits per heavy atom. The van der Waals surface area contributed by atoms with Crippen molar-refractivity contribution in [2.75, 3.05) is 6.61 Å². The van der Waals surface area contributed by atoms with E-state index in [2.05, 4.69) is 0 Å². The molecule has 0 aromatic heterocycles. The zero-order chi connectivity index (χ0) is 13.9. The molecule has 0 radical (unpaired) electrons. The summed E-state index contributed by atoms with van der Waals surface area (Å²) in [5.74, 6) is -0.203. The average molecular weight is 262 g/mol. The molecule has 4 nitrogen and oxygen atoms in total. The molecule has 0 heterocycles. The van der Waals surface area contributed by atoms with Gasteiger partial charge in [0.05, 0.1) is 17.8 Å². The van der Waals surface area contributed by atoms with Crippen LogP contribution >= 0.6 is 0 Å². The van der Waals surface area contributed by atoms with Crippen molar-refractivity contribution in [1.29, 1.82) is 0 Å². The first-order valence-corrected chi connectivity index (χ1v) is 6.57. The highest BCUT2D eigenvalue weighted by Crippen LogP contribution is 2.35. The second-order valence-electron chi connectivity index (χ2n) is 4.87. The minimum absolute atomic E-state index is 0.186. The van der Waals surface area contributed by atoms with E-state index in [0.717, 1.165) is 0 Å². The monoisotopic (exact) mass is 262 g/mol. The van der Waals surface area contributed by atoms with Gasteiger partial charge in [0.1, 0.15) is 5.78 Å². The lowest BCUT2D eigenvalue weighted by Gasteiger charge is -2.32. The minimum atomic E-state index is -1.00. The lowest BCUT2D eigenvalue weighted by atomic mass is 9.79. The summed E-state index contributed by atoms with van der Waals surface area (Å²) in [6, 6.07) is 6.85. The van der Waals surface area contributed by atoms with Crippen LogP contribution in [0.5, 0.6) is 0 Å². The molecule has 1 fully saturated rings. The average Bonchev–Trinajstić information content (AvgIpc) is 2.43. The van der Waals surface area contributed by atoms with Crippen molar-refractivity contribution in [3.05, 3.63) is 35.4 Å². The summed E-state index contributed by atoms with van der Waals surface area (Å²) >= 11 is 0. The molecule has 0 unspecified atom stereocenters. The van der Waals surface area contributed by atoms with E-state index in [1.54, 1.807) is 31.2 Å². The molecule has 4 heteroatoms. The van der Waals surface area contributed by atoms with Gasteiger partial charge in [-0.2, -0.15) is 0 Å². The molecule has 0 bridgehead atoms. The first kappa shape index (κ1) is 13.7. The van der Waals surface area contributed by atoms with Crippen molar-refractivity contribution >= 4 is 11.8 Å². The van der Waals surface area contributed by atoms with Crippen LogP contribution < -0.4 is 0 Å². The lowest BCUT2D eigenvalue weighted by Crippen LogP contribution is -2.31. The van der Waals surface area contributed by atoms with E-state index in [1.807, 2.05) is 0 Å². The van der Waals surface area contributed by atoms with Gasteiger partial charge in [-0.25, -0.2) is 4.79 Å². The summed E-state index contributed by atoms with van der Waals surface area (Å²) in [7, 11) is 0. The Morgan fingerprint density at radius 3 is 2.68 bits per heavy atom. The summed E-state index contributed by atoms with van der Waals surface area (Å²) < 4.78 is 4.95. The number of hydrogen-bond acceptors (Lipinski definition) is 4. The van der Waals surface area contributed by atoms with E-state index >= 15 is 0 Å². The summed E-state index contributed by atoms with van der Waals surface area (Å²) in [5, 5.41) is 10.6. The van der Waals surface area contributed by atoms with Gasteiger partial charge in [-0.3, -0.25) is 4.79 Å². The van der Waals surface area contributed by atoms with Gasteiger partial charge in [0.15, 0.2) is 0 Å². The molecule has 1 saturated carbocycles. The Kier molecular flexibility index (Phi) is 4.00. The van der Waals surface area contributed by atoms with Crippen LogP contribution in [0.15, 0.2) is 24.3 Å². The van der Waals surface area contributed by atoms with Crippen LogP contribution in [0.1, 0.15) is 48.5 Å². The van der Waals surface area contributed by atoms with Crippen molar-refractivity contribution in [1.82, 2.24) is 0 Å². The largest absolute Gasteiger partial charge is 0.462 e. The predicted octanol–water partition coefficient (Wildman–Crippen LogP) is 2.19. The number of hydrogen-bond donors (Lipinski definition) is 1. The Labute approximate surface area is 112 Å². The zero-order valence-electron chi connectivity index (χ0n) is 11.0. The standard InChI is InChI=1S/C15H18O4/c1-2-19-14(17)11-4-3-5-12(10-11)15(18)8-6-13(16)7-9-15/h3-5,10,18H,2,6-9H2,1H3. The maximum absolute atomic E-state index is 11.7. The summed E-state index contributed by atoms with van der Waals surface area (Å²) in [6.07, 6.45) is 1.61. The molecule has 102 valence electrons. The molecule has 0 spiro atoms. The number of Topliss-reactive ketones (excluding diaryl/α,β-unsaturated/α-hetero) is 1. The highest BCUT2D eigenvalue weighted by atomic mass is 16.5. The van der Waals surface area contributed by atoms with E-state index in [0.29, 0.717) is 43.4 Å². The van der Waals surface area contributed by atoms with Gasteiger partial charge < -0.3 is 9.84 Å². The second kappa shape index (κ2) is 5.53. The maximum atomic E-state index is 11.7. The van der Waals surface area contributed by atoms with Gasteiger partial charge in [-0.05, 0) is 37.5 Å². The van der Waals surface area contributed by atoms with Crippen molar-refractivity contribution in [2.45, 2.75) is 38.2 Å². The third kappa shape index (κ3) is 3.01. The van der Waals surface area contributed by atoms with Crippen LogP contribution in [0.2, 0.25) is 0 Å². The minimum Gasteiger partial charge on any atom is -0.462 e. The second-order valence-corrected chi connectivity index (χ2v) is 4.87. The van der Waals surface area contributed by atoms with E-state index in [9.17, 15) is 14.7 Å². The van der Waals surface area contributed by atoms with Gasteiger partial charge in [0, 0.05) is 12.8 Å².